The third-order valence-electron chi connectivity index (χ3n) is 2.45. The lowest BCUT2D eigenvalue weighted by Crippen LogP contribution is -2.22. The fraction of sp³-hybridized carbons (Fsp3) is 0.0769. The molecule has 1 aromatic carbocycles. The van der Waals surface area contributed by atoms with E-state index in [0.717, 1.165) is 11.1 Å². The van der Waals surface area contributed by atoms with Crippen LogP contribution in [0.25, 0.3) is 5.57 Å². The van der Waals surface area contributed by atoms with Crippen LogP contribution >= 0.6 is 0 Å². The second-order valence-electron chi connectivity index (χ2n) is 3.70. The van der Waals surface area contributed by atoms with Gasteiger partial charge >= 0.3 is 6.03 Å². The standard InChI is InChI=1S/C13H12N2O2/c1-9(10-5-3-2-4-6-10)7-8-11-12(16)15-13(17)14-11/h2-8H,1H3,(H2,14,15,16,17). The molecule has 0 saturated carbocycles. The Balaban J connectivity index is 2.19. The van der Waals surface area contributed by atoms with Gasteiger partial charge in [0.2, 0.25) is 0 Å². The molecule has 1 heterocycles. The van der Waals surface area contributed by atoms with Crippen molar-refractivity contribution < 1.29 is 9.59 Å². The predicted octanol–water partition coefficient (Wildman–Crippen LogP) is 1.81. The SMILES string of the molecule is CC(=CC=C1NC(=O)NC1=O)c1ccccc1. The van der Waals surface area contributed by atoms with Crippen LogP contribution in [0.2, 0.25) is 0 Å². The number of amides is 3. The monoisotopic (exact) mass is 228 g/mol. The van der Waals surface area contributed by atoms with Gasteiger partial charge in [-0.3, -0.25) is 10.1 Å². The average Bonchev–Trinajstić information content (AvgIpc) is 2.66. The van der Waals surface area contributed by atoms with E-state index >= 15 is 0 Å². The third-order valence-corrected chi connectivity index (χ3v) is 2.45. The number of carbonyl (C=O) groups is 2. The van der Waals surface area contributed by atoms with Gasteiger partial charge in [-0.15, -0.1) is 0 Å². The summed E-state index contributed by atoms with van der Waals surface area (Å²) in [4.78, 5) is 22.1. The molecule has 1 aromatic rings. The summed E-state index contributed by atoms with van der Waals surface area (Å²) >= 11 is 0. The first-order chi connectivity index (χ1) is 8.16. The topological polar surface area (TPSA) is 58.2 Å². The fourth-order valence-corrected chi connectivity index (χ4v) is 1.50. The first kappa shape index (κ1) is 11.1. The molecule has 1 saturated heterocycles. The van der Waals surface area contributed by atoms with Crippen LogP contribution in [0.5, 0.6) is 0 Å². The fourth-order valence-electron chi connectivity index (χ4n) is 1.50. The van der Waals surface area contributed by atoms with Gasteiger partial charge in [0.15, 0.2) is 0 Å². The van der Waals surface area contributed by atoms with Crippen molar-refractivity contribution in [2.24, 2.45) is 0 Å². The maximum Gasteiger partial charge on any atom is 0.326 e. The molecule has 1 fully saturated rings. The Bertz CT molecular complexity index is 515. The van der Waals surface area contributed by atoms with Crippen LogP contribution in [0, 0.1) is 0 Å². The predicted molar refractivity (Wildman–Crippen MR) is 64.9 cm³/mol. The molecule has 0 aromatic heterocycles. The number of hydrogen-bond donors (Lipinski definition) is 2. The minimum Gasteiger partial charge on any atom is -0.303 e. The van der Waals surface area contributed by atoms with Gasteiger partial charge in [-0.2, -0.15) is 0 Å². The molecule has 2 rings (SSSR count). The molecule has 0 radical (unpaired) electrons. The van der Waals surface area contributed by atoms with E-state index in [1.807, 2.05) is 37.3 Å². The number of carbonyl (C=O) groups excluding carboxylic acids is 2. The molecule has 0 unspecified atom stereocenters. The van der Waals surface area contributed by atoms with Crippen molar-refractivity contribution in [3.05, 3.63) is 53.7 Å². The van der Waals surface area contributed by atoms with Crippen molar-refractivity contribution >= 4 is 17.5 Å². The number of nitrogens with one attached hydrogen (secondary N) is 2. The zero-order valence-corrected chi connectivity index (χ0v) is 9.36. The second kappa shape index (κ2) is 4.65. The average molecular weight is 228 g/mol. The normalized spacial score (nSPS) is 18.2. The summed E-state index contributed by atoms with van der Waals surface area (Å²) in [7, 11) is 0. The van der Waals surface area contributed by atoms with E-state index in [2.05, 4.69) is 10.6 Å². The molecule has 0 atom stereocenters. The Kier molecular flexibility index (Phi) is 3.05. The van der Waals surface area contributed by atoms with E-state index in [4.69, 9.17) is 0 Å². The number of benzene rings is 1. The number of urea groups is 1. The van der Waals surface area contributed by atoms with Crippen molar-refractivity contribution in [1.82, 2.24) is 10.6 Å². The summed E-state index contributed by atoms with van der Waals surface area (Å²) in [6.45, 7) is 1.95. The Morgan fingerprint density at radius 1 is 1.12 bits per heavy atom. The lowest BCUT2D eigenvalue weighted by molar-refractivity contribution is -0.115. The highest BCUT2D eigenvalue weighted by Gasteiger charge is 2.21. The highest BCUT2D eigenvalue weighted by molar-refractivity contribution is 6.11. The van der Waals surface area contributed by atoms with Gasteiger partial charge in [-0.1, -0.05) is 36.4 Å². The Labute approximate surface area is 99.0 Å². The van der Waals surface area contributed by atoms with E-state index in [0.29, 0.717) is 0 Å². The molecule has 3 amide bonds. The van der Waals surface area contributed by atoms with Gasteiger partial charge in [-0.05, 0) is 24.1 Å². The maximum atomic E-state index is 11.2. The van der Waals surface area contributed by atoms with Crippen molar-refractivity contribution in [3.63, 3.8) is 0 Å². The Morgan fingerprint density at radius 3 is 2.41 bits per heavy atom. The molecule has 0 aliphatic carbocycles. The van der Waals surface area contributed by atoms with Crippen LogP contribution in [0.1, 0.15) is 12.5 Å². The highest BCUT2D eigenvalue weighted by atomic mass is 16.2. The van der Waals surface area contributed by atoms with E-state index < -0.39 is 11.9 Å². The molecular formula is C13H12N2O2. The van der Waals surface area contributed by atoms with Crippen LogP contribution in [-0.4, -0.2) is 11.9 Å². The molecular weight excluding hydrogens is 216 g/mol. The molecule has 4 heteroatoms. The lowest BCUT2D eigenvalue weighted by Gasteiger charge is -1.99. The second-order valence-corrected chi connectivity index (χ2v) is 3.70. The molecule has 1 aliphatic rings. The van der Waals surface area contributed by atoms with Crippen molar-refractivity contribution in [2.75, 3.05) is 0 Å². The molecule has 2 N–H and O–H groups in total. The first-order valence-electron chi connectivity index (χ1n) is 5.23. The van der Waals surface area contributed by atoms with Crippen LogP contribution in [0.15, 0.2) is 48.2 Å². The smallest absolute Gasteiger partial charge is 0.303 e. The number of hydrogen-bond acceptors (Lipinski definition) is 2. The summed E-state index contributed by atoms with van der Waals surface area (Å²) in [5.41, 5.74) is 2.37. The van der Waals surface area contributed by atoms with Crippen LogP contribution in [0.3, 0.4) is 0 Å². The molecule has 0 spiro atoms. The third kappa shape index (κ3) is 2.60. The van der Waals surface area contributed by atoms with Gasteiger partial charge in [-0.25, -0.2) is 4.79 Å². The summed E-state index contributed by atoms with van der Waals surface area (Å²) < 4.78 is 0. The van der Waals surface area contributed by atoms with Crippen molar-refractivity contribution in [3.8, 4) is 0 Å². The van der Waals surface area contributed by atoms with Crippen LogP contribution < -0.4 is 10.6 Å². The number of allylic oxidation sites excluding steroid dienone is 3. The molecule has 86 valence electrons. The van der Waals surface area contributed by atoms with E-state index in [1.165, 1.54) is 0 Å². The maximum absolute atomic E-state index is 11.2. The zero-order chi connectivity index (χ0) is 12.3. The summed E-state index contributed by atoms with van der Waals surface area (Å²) in [6, 6.07) is 9.33. The zero-order valence-electron chi connectivity index (χ0n) is 9.36. The Morgan fingerprint density at radius 2 is 1.82 bits per heavy atom. The Hall–Kier alpha value is -2.36. The summed E-state index contributed by atoms with van der Waals surface area (Å²) in [5.74, 6) is -0.396. The molecule has 0 bridgehead atoms. The molecule has 4 nitrogen and oxygen atoms in total. The van der Waals surface area contributed by atoms with Gasteiger partial charge in [0.25, 0.3) is 5.91 Å². The quantitative estimate of drug-likeness (QED) is 0.599. The van der Waals surface area contributed by atoms with E-state index in [9.17, 15) is 9.59 Å². The van der Waals surface area contributed by atoms with Gasteiger partial charge in [0, 0.05) is 0 Å². The number of imide groups is 1. The van der Waals surface area contributed by atoms with Gasteiger partial charge in [0.1, 0.15) is 5.70 Å². The summed E-state index contributed by atoms with van der Waals surface area (Å²) in [5, 5.41) is 4.57. The minimum absolute atomic E-state index is 0.269. The van der Waals surface area contributed by atoms with E-state index in [1.54, 1.807) is 12.2 Å². The summed E-state index contributed by atoms with van der Waals surface area (Å²) in [6.07, 6.45) is 3.40. The van der Waals surface area contributed by atoms with Crippen molar-refractivity contribution in [2.45, 2.75) is 6.92 Å². The van der Waals surface area contributed by atoms with E-state index in [-0.39, 0.29) is 5.70 Å². The van der Waals surface area contributed by atoms with Crippen LogP contribution in [0.4, 0.5) is 4.79 Å². The van der Waals surface area contributed by atoms with Gasteiger partial charge in [0.05, 0.1) is 0 Å². The van der Waals surface area contributed by atoms with Crippen molar-refractivity contribution in [1.29, 1.82) is 0 Å². The van der Waals surface area contributed by atoms with Crippen LogP contribution in [-0.2, 0) is 4.79 Å². The largest absolute Gasteiger partial charge is 0.326 e. The molecule has 17 heavy (non-hydrogen) atoms. The minimum atomic E-state index is -0.480. The highest BCUT2D eigenvalue weighted by Crippen LogP contribution is 2.13. The first-order valence-corrected chi connectivity index (χ1v) is 5.23. The lowest BCUT2D eigenvalue weighted by atomic mass is 10.1. The molecule has 1 aliphatic heterocycles. The van der Waals surface area contributed by atoms with Gasteiger partial charge < -0.3 is 5.32 Å². The number of rotatable bonds is 2.